The SMILES string of the molecule is CCCCC=[C]([Se]c1ccccc1)[Sn]([CH2]CCC)([CH2]CCC)[CH2]CCC. The van der Waals surface area contributed by atoms with Gasteiger partial charge in [-0.1, -0.05) is 0 Å². The van der Waals surface area contributed by atoms with Gasteiger partial charge in [0.1, 0.15) is 0 Å². The Morgan fingerprint density at radius 2 is 1.27 bits per heavy atom. The van der Waals surface area contributed by atoms with Crippen LogP contribution in [0.2, 0.25) is 13.3 Å². The molecule has 0 aliphatic rings. The Kier molecular flexibility index (Phi) is 14.2. The average molecular weight is 528 g/mol. The van der Waals surface area contributed by atoms with E-state index in [0.29, 0.717) is 15.0 Å². The zero-order chi connectivity index (χ0) is 19.1. The quantitative estimate of drug-likeness (QED) is 0.164. The van der Waals surface area contributed by atoms with Gasteiger partial charge in [-0.3, -0.25) is 0 Å². The van der Waals surface area contributed by atoms with Crippen molar-refractivity contribution < 1.29 is 0 Å². The van der Waals surface area contributed by atoms with E-state index in [9.17, 15) is 0 Å². The molecule has 0 bridgehead atoms. The van der Waals surface area contributed by atoms with E-state index >= 15 is 0 Å². The third kappa shape index (κ3) is 8.98. The number of hydrogen-bond donors (Lipinski definition) is 0. The van der Waals surface area contributed by atoms with Crippen molar-refractivity contribution in [3.05, 3.63) is 38.9 Å². The normalized spacial score (nSPS) is 12.5. The Hall–Kier alpha value is 0.278. The maximum atomic E-state index is 2.77. The minimum absolute atomic E-state index is 0.570. The molecule has 0 aliphatic carbocycles. The van der Waals surface area contributed by atoms with Gasteiger partial charge in [-0.25, -0.2) is 0 Å². The molecule has 0 fully saturated rings. The van der Waals surface area contributed by atoms with Crippen LogP contribution in [0.5, 0.6) is 0 Å². The van der Waals surface area contributed by atoms with Crippen LogP contribution in [-0.4, -0.2) is 33.3 Å². The Morgan fingerprint density at radius 1 is 0.769 bits per heavy atom. The fourth-order valence-electron chi connectivity index (χ4n) is 3.71. The first-order chi connectivity index (χ1) is 12.7. The predicted octanol–water partition coefficient (Wildman–Crippen LogP) is 7.48. The van der Waals surface area contributed by atoms with Crippen LogP contribution in [0.15, 0.2) is 38.9 Å². The fraction of sp³-hybridized carbons (Fsp3) is 0.667. The molecule has 0 aliphatic heterocycles. The van der Waals surface area contributed by atoms with Crippen molar-refractivity contribution in [2.45, 2.75) is 98.8 Å². The molecule has 1 aromatic carbocycles. The van der Waals surface area contributed by atoms with E-state index in [1.54, 1.807) is 17.8 Å². The topological polar surface area (TPSA) is 0 Å². The van der Waals surface area contributed by atoms with E-state index in [1.165, 1.54) is 57.8 Å². The number of allylic oxidation sites excluding steroid dienone is 1. The van der Waals surface area contributed by atoms with Gasteiger partial charge in [0.15, 0.2) is 0 Å². The van der Waals surface area contributed by atoms with Gasteiger partial charge in [0.25, 0.3) is 0 Å². The fourth-order valence-corrected chi connectivity index (χ4v) is 29.7. The molecule has 0 aromatic heterocycles. The number of benzene rings is 1. The summed E-state index contributed by atoms with van der Waals surface area (Å²) in [6.45, 7) is 9.49. The average Bonchev–Trinajstić information content (AvgIpc) is 2.68. The van der Waals surface area contributed by atoms with Crippen LogP contribution < -0.4 is 4.46 Å². The first-order valence-corrected chi connectivity index (χ1v) is 20.3. The maximum absolute atomic E-state index is 2.77. The van der Waals surface area contributed by atoms with Crippen molar-refractivity contribution in [1.82, 2.24) is 0 Å². The number of hydrogen-bond acceptors (Lipinski definition) is 0. The molecule has 26 heavy (non-hydrogen) atoms. The summed E-state index contributed by atoms with van der Waals surface area (Å²) >= 11 is -1.68. The van der Waals surface area contributed by atoms with Gasteiger partial charge < -0.3 is 0 Å². The van der Waals surface area contributed by atoms with Gasteiger partial charge in [-0.05, 0) is 0 Å². The van der Waals surface area contributed by atoms with Crippen LogP contribution in [-0.2, 0) is 0 Å². The van der Waals surface area contributed by atoms with Crippen LogP contribution in [0.4, 0.5) is 0 Å². The molecule has 0 unspecified atom stereocenters. The van der Waals surface area contributed by atoms with Crippen molar-refractivity contribution >= 4 is 37.8 Å². The predicted molar refractivity (Wildman–Crippen MR) is 124 cm³/mol. The van der Waals surface area contributed by atoms with Crippen LogP contribution in [0.1, 0.15) is 85.5 Å². The van der Waals surface area contributed by atoms with Crippen molar-refractivity contribution in [3.63, 3.8) is 0 Å². The molecule has 0 heterocycles. The molecule has 0 spiro atoms. The molecule has 1 aromatic rings. The summed E-state index contributed by atoms with van der Waals surface area (Å²) in [6, 6.07) is 11.4. The molecule has 0 saturated heterocycles. The Morgan fingerprint density at radius 3 is 1.73 bits per heavy atom. The second kappa shape index (κ2) is 15.2. The molecule has 1 rings (SSSR count). The van der Waals surface area contributed by atoms with E-state index in [-0.39, 0.29) is 0 Å². The van der Waals surface area contributed by atoms with Crippen LogP contribution in [0.3, 0.4) is 0 Å². The molecule has 0 atom stereocenters. The summed E-state index contributed by atoms with van der Waals surface area (Å²) in [5.74, 6) is 0. The summed E-state index contributed by atoms with van der Waals surface area (Å²) in [4.78, 5) is 0. The standard InChI is InChI=1S/C12H15Se.3C4H9.Sn/c1-2-3-4-8-11-13-12-9-6-5-7-10-12;3*1-3-4-2;/h5-10H,2-4H2,1H3;3*1,3-4H2,2H3;. The van der Waals surface area contributed by atoms with Crippen LogP contribution in [0.25, 0.3) is 0 Å². The van der Waals surface area contributed by atoms with E-state index in [2.05, 4.69) is 64.1 Å². The van der Waals surface area contributed by atoms with Gasteiger partial charge in [0.2, 0.25) is 0 Å². The van der Waals surface area contributed by atoms with E-state index < -0.39 is 18.4 Å². The van der Waals surface area contributed by atoms with Gasteiger partial charge in [-0.2, -0.15) is 0 Å². The van der Waals surface area contributed by atoms with Crippen LogP contribution in [0, 0.1) is 0 Å². The monoisotopic (exact) mass is 530 g/mol. The summed E-state index contributed by atoms with van der Waals surface area (Å²) in [6.07, 6.45) is 15.3. The molecular weight excluding hydrogens is 486 g/mol. The molecule has 2 heteroatoms. The molecular formula is C24H42SeSn. The second-order valence-electron chi connectivity index (χ2n) is 7.72. The third-order valence-corrected chi connectivity index (χ3v) is 29.7. The Labute approximate surface area is 174 Å². The number of unbranched alkanes of at least 4 members (excludes halogenated alkanes) is 5. The van der Waals surface area contributed by atoms with E-state index in [0.717, 1.165) is 0 Å². The first-order valence-electron chi connectivity index (χ1n) is 11.2. The summed E-state index contributed by atoms with van der Waals surface area (Å²) < 4.78 is 8.46. The summed E-state index contributed by atoms with van der Waals surface area (Å²) in [5, 5.41) is 0. The van der Waals surface area contributed by atoms with Gasteiger partial charge >= 0.3 is 175 Å². The molecule has 0 N–H and O–H groups in total. The molecule has 0 radical (unpaired) electrons. The minimum atomic E-state index is -2.25. The number of rotatable bonds is 15. The Bertz CT molecular complexity index is 458. The zero-order valence-corrected chi connectivity index (χ0v) is 22.4. The van der Waals surface area contributed by atoms with Gasteiger partial charge in [0, 0.05) is 0 Å². The summed E-state index contributed by atoms with van der Waals surface area (Å²) in [5.41, 5.74) is 0. The van der Waals surface area contributed by atoms with Crippen molar-refractivity contribution in [2.75, 3.05) is 0 Å². The van der Waals surface area contributed by atoms with Gasteiger partial charge in [0.05, 0.1) is 0 Å². The second-order valence-corrected chi connectivity index (χ2v) is 25.5. The van der Waals surface area contributed by atoms with Crippen LogP contribution >= 0.6 is 0 Å². The Balaban J connectivity index is 3.18. The molecule has 0 nitrogen and oxygen atoms in total. The zero-order valence-electron chi connectivity index (χ0n) is 17.9. The van der Waals surface area contributed by atoms with Crippen molar-refractivity contribution in [3.8, 4) is 0 Å². The van der Waals surface area contributed by atoms with Crippen molar-refractivity contribution in [2.24, 2.45) is 0 Å². The molecule has 148 valence electrons. The van der Waals surface area contributed by atoms with E-state index in [4.69, 9.17) is 0 Å². The van der Waals surface area contributed by atoms with E-state index in [1.807, 2.05) is 2.49 Å². The third-order valence-electron chi connectivity index (χ3n) is 5.41. The van der Waals surface area contributed by atoms with Gasteiger partial charge in [-0.15, -0.1) is 0 Å². The summed E-state index contributed by atoms with van der Waals surface area (Å²) in [7, 11) is 0. The molecule has 0 saturated carbocycles. The first kappa shape index (κ1) is 24.3. The van der Waals surface area contributed by atoms with Crippen molar-refractivity contribution in [1.29, 1.82) is 0 Å². The molecule has 0 amide bonds.